The molecule has 27 heavy (non-hydrogen) atoms. The fourth-order valence-electron chi connectivity index (χ4n) is 2.84. The number of para-hydroxylation sites is 1. The molecule has 3 rings (SSSR count). The Morgan fingerprint density at radius 3 is 2.63 bits per heavy atom. The van der Waals surface area contributed by atoms with Gasteiger partial charge in [0, 0.05) is 5.38 Å². The molecule has 140 valence electrons. The third kappa shape index (κ3) is 4.14. The molecule has 1 aromatic carbocycles. The van der Waals surface area contributed by atoms with Crippen LogP contribution in [0, 0.1) is 13.8 Å². The quantitative estimate of drug-likeness (QED) is 0.352. The number of Topliss-reactive ketones (excluding diaryl/α,β-unsaturated/α-hetero) is 1. The summed E-state index contributed by atoms with van der Waals surface area (Å²) >= 11 is 1.54. The van der Waals surface area contributed by atoms with Crippen LogP contribution in [0.5, 0.6) is 0 Å². The standard InChI is InChI=1S/C20H21N3O3S/c1-4-8-17-21-15(12-27-17)11-26-20(25)19(24)18-13(2)22-23(14(18)3)16-9-6-5-7-10-16/h5-7,9-10,12H,4,8,11H2,1-3H3. The Balaban J connectivity index is 1.73. The Labute approximate surface area is 161 Å². The van der Waals surface area contributed by atoms with Gasteiger partial charge in [0.25, 0.3) is 5.78 Å². The highest BCUT2D eigenvalue weighted by Crippen LogP contribution is 2.19. The molecule has 2 heterocycles. The van der Waals surface area contributed by atoms with Crippen molar-refractivity contribution in [2.24, 2.45) is 0 Å². The number of aromatic nitrogens is 3. The molecule has 0 amide bonds. The van der Waals surface area contributed by atoms with Crippen LogP contribution in [0.15, 0.2) is 35.7 Å². The van der Waals surface area contributed by atoms with E-state index in [2.05, 4.69) is 17.0 Å². The SMILES string of the molecule is CCCc1nc(COC(=O)C(=O)c2c(C)nn(-c3ccccc3)c2C)cs1. The Bertz CT molecular complexity index is 960. The molecule has 0 spiro atoms. The molecule has 0 saturated carbocycles. The van der Waals surface area contributed by atoms with Crippen LogP contribution >= 0.6 is 11.3 Å². The summed E-state index contributed by atoms with van der Waals surface area (Å²) in [6.07, 6.45) is 1.91. The zero-order valence-corrected chi connectivity index (χ0v) is 16.4. The summed E-state index contributed by atoms with van der Waals surface area (Å²) in [7, 11) is 0. The molecule has 0 bridgehead atoms. The number of nitrogens with zero attached hydrogens (tertiary/aromatic N) is 3. The van der Waals surface area contributed by atoms with Crippen molar-refractivity contribution in [3.63, 3.8) is 0 Å². The second kappa shape index (κ2) is 8.26. The minimum absolute atomic E-state index is 0.00426. The molecule has 6 nitrogen and oxygen atoms in total. The predicted molar refractivity (Wildman–Crippen MR) is 103 cm³/mol. The fraction of sp³-hybridized carbons (Fsp3) is 0.300. The summed E-state index contributed by atoms with van der Waals surface area (Å²) in [6.45, 7) is 5.56. The number of thiazole rings is 1. The van der Waals surface area contributed by atoms with E-state index in [0.29, 0.717) is 17.1 Å². The van der Waals surface area contributed by atoms with Crippen LogP contribution in [-0.4, -0.2) is 26.5 Å². The lowest BCUT2D eigenvalue weighted by molar-refractivity contribution is -0.139. The van der Waals surface area contributed by atoms with E-state index < -0.39 is 11.8 Å². The first kappa shape index (κ1) is 19.0. The molecule has 0 fully saturated rings. The summed E-state index contributed by atoms with van der Waals surface area (Å²) in [6, 6.07) is 9.47. The molecule has 0 N–H and O–H groups in total. The van der Waals surface area contributed by atoms with Crippen molar-refractivity contribution in [2.75, 3.05) is 0 Å². The molecular weight excluding hydrogens is 362 g/mol. The number of carbonyl (C=O) groups is 2. The van der Waals surface area contributed by atoms with Gasteiger partial charge in [0.2, 0.25) is 0 Å². The molecule has 2 aromatic heterocycles. The number of esters is 1. The fourth-order valence-corrected chi connectivity index (χ4v) is 3.73. The zero-order valence-electron chi connectivity index (χ0n) is 15.6. The van der Waals surface area contributed by atoms with Gasteiger partial charge in [0.1, 0.15) is 6.61 Å². The highest BCUT2D eigenvalue weighted by molar-refractivity contribution is 7.09. The van der Waals surface area contributed by atoms with Crippen molar-refractivity contribution in [3.8, 4) is 5.69 Å². The van der Waals surface area contributed by atoms with Gasteiger partial charge in [-0.2, -0.15) is 5.10 Å². The molecule has 0 unspecified atom stereocenters. The second-order valence-electron chi connectivity index (χ2n) is 6.18. The maximum Gasteiger partial charge on any atom is 0.380 e. The number of benzene rings is 1. The largest absolute Gasteiger partial charge is 0.453 e. The van der Waals surface area contributed by atoms with E-state index in [4.69, 9.17) is 4.74 Å². The van der Waals surface area contributed by atoms with E-state index in [-0.39, 0.29) is 12.2 Å². The number of aryl methyl sites for hydroxylation is 2. The van der Waals surface area contributed by atoms with Crippen molar-refractivity contribution >= 4 is 23.1 Å². The summed E-state index contributed by atoms with van der Waals surface area (Å²) in [5.74, 6) is -1.57. The molecule has 0 aliphatic heterocycles. The Morgan fingerprint density at radius 2 is 1.93 bits per heavy atom. The Kier molecular flexibility index (Phi) is 5.81. The number of ketones is 1. The van der Waals surface area contributed by atoms with Gasteiger partial charge < -0.3 is 4.74 Å². The Hall–Kier alpha value is -2.80. The first-order chi connectivity index (χ1) is 13.0. The van der Waals surface area contributed by atoms with Gasteiger partial charge in [-0.25, -0.2) is 14.5 Å². The van der Waals surface area contributed by atoms with E-state index in [1.54, 1.807) is 18.5 Å². The van der Waals surface area contributed by atoms with Crippen LogP contribution in [0.3, 0.4) is 0 Å². The van der Waals surface area contributed by atoms with Crippen LogP contribution in [0.25, 0.3) is 5.69 Å². The monoisotopic (exact) mass is 383 g/mol. The predicted octanol–water partition coefficient (Wildman–Crippen LogP) is 3.82. The lowest BCUT2D eigenvalue weighted by atomic mass is 10.1. The van der Waals surface area contributed by atoms with Gasteiger partial charge in [0.05, 0.1) is 33.3 Å². The number of carbonyl (C=O) groups excluding carboxylic acids is 2. The number of hydrogen-bond acceptors (Lipinski definition) is 6. The smallest absolute Gasteiger partial charge is 0.380 e. The minimum atomic E-state index is -0.890. The first-order valence-corrected chi connectivity index (χ1v) is 9.65. The van der Waals surface area contributed by atoms with Gasteiger partial charge in [-0.1, -0.05) is 25.1 Å². The van der Waals surface area contributed by atoms with E-state index in [9.17, 15) is 9.59 Å². The zero-order chi connectivity index (χ0) is 19.4. The maximum absolute atomic E-state index is 12.6. The lowest BCUT2D eigenvalue weighted by Crippen LogP contribution is -2.19. The highest BCUT2D eigenvalue weighted by Gasteiger charge is 2.26. The summed E-state index contributed by atoms with van der Waals surface area (Å²) in [5.41, 5.74) is 2.89. The van der Waals surface area contributed by atoms with Gasteiger partial charge in [-0.05, 0) is 38.8 Å². The summed E-state index contributed by atoms with van der Waals surface area (Å²) < 4.78 is 6.84. The van der Waals surface area contributed by atoms with Gasteiger partial charge >= 0.3 is 5.97 Å². The second-order valence-corrected chi connectivity index (χ2v) is 7.12. The van der Waals surface area contributed by atoms with Crippen molar-refractivity contribution < 1.29 is 14.3 Å². The van der Waals surface area contributed by atoms with Gasteiger partial charge in [-0.3, -0.25) is 4.79 Å². The maximum atomic E-state index is 12.6. The topological polar surface area (TPSA) is 74.1 Å². The average molecular weight is 383 g/mol. The Morgan fingerprint density at radius 1 is 1.19 bits per heavy atom. The molecule has 3 aromatic rings. The van der Waals surface area contributed by atoms with Crippen LogP contribution in [0.4, 0.5) is 0 Å². The molecule has 7 heteroatoms. The van der Waals surface area contributed by atoms with Crippen LogP contribution in [0.2, 0.25) is 0 Å². The molecule has 0 aliphatic carbocycles. The molecule has 0 atom stereocenters. The van der Waals surface area contributed by atoms with E-state index in [1.807, 2.05) is 35.7 Å². The van der Waals surface area contributed by atoms with Gasteiger partial charge in [0.15, 0.2) is 0 Å². The van der Waals surface area contributed by atoms with Crippen LogP contribution in [-0.2, 0) is 22.6 Å². The molecular formula is C20H21N3O3S. The molecule has 0 aliphatic rings. The normalized spacial score (nSPS) is 10.8. The molecule has 0 saturated heterocycles. The van der Waals surface area contributed by atoms with Crippen molar-refractivity contribution in [1.82, 2.24) is 14.8 Å². The van der Waals surface area contributed by atoms with E-state index >= 15 is 0 Å². The average Bonchev–Trinajstić information content (AvgIpc) is 3.24. The van der Waals surface area contributed by atoms with Crippen LogP contribution in [0.1, 0.15) is 45.8 Å². The van der Waals surface area contributed by atoms with Crippen LogP contribution < -0.4 is 0 Å². The number of hydrogen-bond donors (Lipinski definition) is 0. The minimum Gasteiger partial charge on any atom is -0.453 e. The highest BCUT2D eigenvalue weighted by atomic mass is 32.1. The third-order valence-corrected chi connectivity index (χ3v) is 5.08. The lowest BCUT2D eigenvalue weighted by Gasteiger charge is -2.05. The van der Waals surface area contributed by atoms with Crippen molar-refractivity contribution in [2.45, 2.75) is 40.2 Å². The summed E-state index contributed by atoms with van der Waals surface area (Å²) in [5, 5.41) is 7.26. The van der Waals surface area contributed by atoms with Crippen molar-refractivity contribution in [1.29, 1.82) is 0 Å². The summed E-state index contributed by atoms with van der Waals surface area (Å²) in [4.78, 5) is 29.3. The van der Waals surface area contributed by atoms with Gasteiger partial charge in [-0.15, -0.1) is 11.3 Å². The van der Waals surface area contributed by atoms with E-state index in [1.165, 1.54) is 11.3 Å². The number of rotatable bonds is 7. The van der Waals surface area contributed by atoms with E-state index in [0.717, 1.165) is 23.5 Å². The third-order valence-electron chi connectivity index (χ3n) is 4.12. The first-order valence-electron chi connectivity index (χ1n) is 8.77. The molecule has 0 radical (unpaired) electrons. The van der Waals surface area contributed by atoms with Crippen molar-refractivity contribution in [3.05, 3.63) is 63.4 Å². The number of ether oxygens (including phenoxy) is 1.